The Morgan fingerprint density at radius 3 is 2.35 bits per heavy atom. The summed E-state index contributed by atoms with van der Waals surface area (Å²) < 4.78 is 20.2. The van der Waals surface area contributed by atoms with Crippen LogP contribution < -0.4 is 16.6 Å². The third-order valence-electron chi connectivity index (χ3n) is 5.16. The number of rotatable bonds is 7. The van der Waals surface area contributed by atoms with E-state index in [1.165, 1.54) is 17.7 Å². The number of carbonyl (C=O) groups excluding carboxylic acids is 1. The summed E-state index contributed by atoms with van der Waals surface area (Å²) in [5, 5.41) is 10.4. The van der Waals surface area contributed by atoms with Crippen molar-refractivity contribution in [1.82, 2.24) is 29.8 Å². The topological polar surface area (TPSA) is 125 Å². The Morgan fingerprint density at radius 2 is 1.71 bits per heavy atom. The molecule has 0 radical (unpaired) electrons. The number of carbonyl (C=O) groups is 1. The van der Waals surface area contributed by atoms with Crippen molar-refractivity contribution in [1.29, 1.82) is 0 Å². The second-order valence-electron chi connectivity index (χ2n) is 7.34. The number of benzene rings is 2. The lowest BCUT2D eigenvalue weighted by atomic mass is 10.1. The van der Waals surface area contributed by atoms with Crippen LogP contribution in [-0.4, -0.2) is 30.4 Å². The molecule has 0 bridgehead atoms. The van der Waals surface area contributed by atoms with Crippen LogP contribution in [0.4, 0.5) is 4.39 Å². The minimum atomic E-state index is -0.741. The molecule has 174 valence electrons. The summed E-state index contributed by atoms with van der Waals surface area (Å²) in [7, 11) is 0. The highest BCUT2D eigenvalue weighted by Gasteiger charge is 2.22. The number of aryl methyl sites for hydroxylation is 1. The lowest BCUT2D eigenvalue weighted by Crippen LogP contribution is -2.41. The molecule has 0 spiro atoms. The van der Waals surface area contributed by atoms with Gasteiger partial charge in [0.05, 0.1) is 5.69 Å². The molecule has 2 aromatic carbocycles. The Labute approximate surface area is 192 Å². The molecule has 2 aromatic heterocycles. The van der Waals surface area contributed by atoms with Gasteiger partial charge in [-0.15, -0.1) is 0 Å². The lowest BCUT2D eigenvalue weighted by molar-refractivity contribution is 0.0907. The van der Waals surface area contributed by atoms with Crippen LogP contribution in [0, 0.1) is 5.82 Å². The van der Waals surface area contributed by atoms with Crippen molar-refractivity contribution in [3.8, 4) is 17.2 Å². The van der Waals surface area contributed by atoms with E-state index in [1.54, 1.807) is 6.92 Å². The highest BCUT2D eigenvalue weighted by Crippen LogP contribution is 2.11. The fourth-order valence-electron chi connectivity index (χ4n) is 3.25. The van der Waals surface area contributed by atoms with Gasteiger partial charge in [0.1, 0.15) is 5.82 Å². The first-order valence-electron chi connectivity index (χ1n) is 10.6. The molecule has 0 unspecified atom stereocenters. The predicted molar refractivity (Wildman–Crippen MR) is 120 cm³/mol. The van der Waals surface area contributed by atoms with E-state index in [4.69, 9.17) is 4.52 Å². The molecule has 0 atom stereocenters. The normalized spacial score (nSPS) is 10.9. The van der Waals surface area contributed by atoms with Crippen LogP contribution in [0.1, 0.15) is 35.7 Å². The van der Waals surface area contributed by atoms with Gasteiger partial charge >= 0.3 is 17.5 Å². The third kappa shape index (κ3) is 4.53. The highest BCUT2D eigenvalue weighted by atomic mass is 19.1. The highest BCUT2D eigenvalue weighted by molar-refractivity contribution is 5.89. The van der Waals surface area contributed by atoms with Gasteiger partial charge in [0, 0.05) is 13.1 Å². The molecule has 11 heteroatoms. The zero-order valence-electron chi connectivity index (χ0n) is 18.5. The number of hydrogen-bond donors (Lipinski definition) is 1. The molecule has 0 aliphatic carbocycles. The fourth-order valence-corrected chi connectivity index (χ4v) is 3.25. The average molecular weight is 464 g/mol. The van der Waals surface area contributed by atoms with Crippen molar-refractivity contribution in [3.63, 3.8) is 0 Å². The number of hydrogen-bond acceptors (Lipinski definition) is 7. The predicted octanol–water partition coefficient (Wildman–Crippen LogP) is 2.10. The first-order chi connectivity index (χ1) is 16.4. The second kappa shape index (κ2) is 9.61. The molecule has 0 fully saturated rings. The lowest BCUT2D eigenvalue weighted by Gasteiger charge is -2.09. The van der Waals surface area contributed by atoms with E-state index < -0.39 is 23.0 Å². The number of nitrogens with one attached hydrogen (secondary N) is 1. The van der Waals surface area contributed by atoms with Gasteiger partial charge in [-0.05, 0) is 48.7 Å². The van der Waals surface area contributed by atoms with Crippen LogP contribution in [-0.2, 0) is 19.5 Å². The summed E-state index contributed by atoms with van der Waals surface area (Å²) in [5.74, 6) is -1.72. The Kier molecular flexibility index (Phi) is 6.44. The molecule has 0 aliphatic rings. The van der Waals surface area contributed by atoms with E-state index in [-0.39, 0.29) is 36.2 Å². The summed E-state index contributed by atoms with van der Waals surface area (Å²) in [4.78, 5) is 42.0. The number of nitrogens with zero attached hydrogens (tertiary/aromatic N) is 5. The largest absolute Gasteiger partial charge is 0.352 e. The molecule has 0 saturated carbocycles. The van der Waals surface area contributed by atoms with Gasteiger partial charge in [-0.25, -0.2) is 9.18 Å². The molecule has 0 aliphatic heterocycles. The number of aromatic nitrogens is 5. The Hall–Kier alpha value is -4.41. The van der Waals surface area contributed by atoms with Gasteiger partial charge in [0.2, 0.25) is 5.82 Å². The van der Waals surface area contributed by atoms with E-state index >= 15 is 0 Å². The van der Waals surface area contributed by atoms with Crippen LogP contribution in [0.25, 0.3) is 17.2 Å². The van der Waals surface area contributed by atoms with Crippen molar-refractivity contribution in [2.24, 2.45) is 0 Å². The zero-order valence-corrected chi connectivity index (χ0v) is 18.5. The molecule has 4 rings (SSSR count). The van der Waals surface area contributed by atoms with Crippen LogP contribution in [0.5, 0.6) is 0 Å². The van der Waals surface area contributed by atoms with Gasteiger partial charge in [0.25, 0.3) is 5.56 Å². The molecule has 1 amide bonds. The van der Waals surface area contributed by atoms with Crippen LogP contribution in [0.2, 0.25) is 0 Å². The zero-order chi connectivity index (χ0) is 24.2. The minimum Gasteiger partial charge on any atom is -0.344 e. The summed E-state index contributed by atoms with van der Waals surface area (Å²) in [6.45, 7) is 3.97. The summed E-state index contributed by atoms with van der Waals surface area (Å²) in [6, 6.07) is 12.8. The first kappa shape index (κ1) is 22.8. The molecular formula is C23H21FN6O4. The van der Waals surface area contributed by atoms with Crippen molar-refractivity contribution in [2.75, 3.05) is 0 Å². The molecular weight excluding hydrogens is 443 g/mol. The fraction of sp³-hybridized carbons (Fsp3) is 0.217. The minimum absolute atomic E-state index is 0.0520. The molecule has 10 nitrogen and oxygen atoms in total. The number of amides is 1. The van der Waals surface area contributed by atoms with Crippen LogP contribution in [0.3, 0.4) is 0 Å². The SMILES string of the molecule is CCc1ccc(CNC(=O)c2nc(-c3nn(-c4ccc(F)cc4)c(=O)n(CC)c3=O)no2)cc1. The van der Waals surface area contributed by atoms with E-state index in [2.05, 4.69) is 27.5 Å². The molecule has 4 aromatic rings. The smallest absolute Gasteiger partial charge is 0.344 e. The summed E-state index contributed by atoms with van der Waals surface area (Å²) in [6.07, 6.45) is 0.916. The average Bonchev–Trinajstić information content (AvgIpc) is 3.34. The quantitative estimate of drug-likeness (QED) is 0.444. The molecule has 34 heavy (non-hydrogen) atoms. The van der Waals surface area contributed by atoms with E-state index in [0.717, 1.165) is 33.4 Å². The maximum absolute atomic E-state index is 13.3. The maximum atomic E-state index is 13.3. The van der Waals surface area contributed by atoms with Crippen LogP contribution >= 0.6 is 0 Å². The van der Waals surface area contributed by atoms with Crippen molar-refractivity contribution >= 4 is 5.91 Å². The summed E-state index contributed by atoms with van der Waals surface area (Å²) in [5.41, 5.74) is 0.579. The molecule has 2 heterocycles. The number of halogens is 1. The van der Waals surface area contributed by atoms with E-state index in [0.29, 0.717) is 0 Å². The van der Waals surface area contributed by atoms with Crippen molar-refractivity contribution < 1.29 is 13.7 Å². The monoisotopic (exact) mass is 464 g/mol. The van der Waals surface area contributed by atoms with Gasteiger partial charge in [-0.1, -0.05) is 36.3 Å². The Morgan fingerprint density at radius 1 is 1.03 bits per heavy atom. The standard InChI is InChI=1S/C23H21FN6O4/c1-3-14-5-7-15(8-6-14)13-25-20(31)21-26-19(28-34-21)18-22(32)29(4-2)23(33)30(27-18)17-11-9-16(24)10-12-17/h5-12H,3-4,13H2,1-2H3,(H,25,31). The van der Waals surface area contributed by atoms with Gasteiger partial charge < -0.3 is 9.84 Å². The van der Waals surface area contributed by atoms with Gasteiger partial charge in [-0.3, -0.25) is 14.2 Å². The second-order valence-corrected chi connectivity index (χ2v) is 7.34. The van der Waals surface area contributed by atoms with Gasteiger partial charge in [0.15, 0.2) is 5.69 Å². The molecule has 0 saturated heterocycles. The van der Waals surface area contributed by atoms with Crippen LogP contribution in [0.15, 0.2) is 62.6 Å². The third-order valence-corrected chi connectivity index (χ3v) is 5.16. The Balaban J connectivity index is 1.62. The molecule has 1 N–H and O–H groups in total. The van der Waals surface area contributed by atoms with Gasteiger partial charge in [-0.2, -0.15) is 14.8 Å². The van der Waals surface area contributed by atoms with E-state index in [9.17, 15) is 18.8 Å². The maximum Gasteiger partial charge on any atom is 0.352 e. The Bertz CT molecular complexity index is 1440. The van der Waals surface area contributed by atoms with Crippen molar-refractivity contribution in [3.05, 3.63) is 92.2 Å². The first-order valence-corrected chi connectivity index (χ1v) is 10.6. The summed E-state index contributed by atoms with van der Waals surface area (Å²) >= 11 is 0. The van der Waals surface area contributed by atoms with Crippen molar-refractivity contribution in [2.45, 2.75) is 33.4 Å². The van der Waals surface area contributed by atoms with E-state index in [1.807, 2.05) is 24.3 Å².